The summed E-state index contributed by atoms with van der Waals surface area (Å²) in [5.74, 6) is 0.672. The van der Waals surface area contributed by atoms with E-state index in [2.05, 4.69) is 62.0 Å². The normalized spacial score (nSPS) is 23.3. The SMILES string of the molecule is CN(C)c1cccc(-c2cccc3cc(C(=O)NC4CN5CCC4CC5)cn23)c1. The molecule has 1 aromatic carbocycles. The van der Waals surface area contributed by atoms with Crippen molar-refractivity contribution in [3.63, 3.8) is 0 Å². The van der Waals surface area contributed by atoms with Crippen LogP contribution in [0.15, 0.2) is 54.7 Å². The third-order valence-corrected chi connectivity index (χ3v) is 6.52. The summed E-state index contributed by atoms with van der Waals surface area (Å²) in [4.78, 5) is 17.6. The highest BCUT2D eigenvalue weighted by Gasteiger charge is 2.35. The molecule has 0 aliphatic carbocycles. The van der Waals surface area contributed by atoms with Crippen LogP contribution in [0, 0.1) is 5.92 Å². The Morgan fingerprint density at radius 1 is 1.07 bits per heavy atom. The maximum atomic E-state index is 13.0. The molecule has 5 heteroatoms. The van der Waals surface area contributed by atoms with E-state index in [4.69, 9.17) is 0 Å². The van der Waals surface area contributed by atoms with Crippen LogP contribution in [-0.2, 0) is 0 Å². The summed E-state index contributed by atoms with van der Waals surface area (Å²) in [6, 6.07) is 17.0. The molecule has 3 aliphatic heterocycles. The van der Waals surface area contributed by atoms with Gasteiger partial charge in [0.25, 0.3) is 5.91 Å². The van der Waals surface area contributed by atoms with E-state index in [-0.39, 0.29) is 11.9 Å². The summed E-state index contributed by atoms with van der Waals surface area (Å²) in [5, 5.41) is 3.31. The van der Waals surface area contributed by atoms with E-state index < -0.39 is 0 Å². The topological polar surface area (TPSA) is 40.0 Å². The molecule has 3 fully saturated rings. The van der Waals surface area contributed by atoms with Crippen LogP contribution < -0.4 is 10.2 Å². The van der Waals surface area contributed by atoms with Crippen LogP contribution in [0.2, 0.25) is 0 Å². The Hall–Kier alpha value is -2.79. The molecule has 3 aromatic rings. The van der Waals surface area contributed by atoms with Crippen LogP contribution in [0.5, 0.6) is 0 Å². The zero-order chi connectivity index (χ0) is 20.0. The van der Waals surface area contributed by atoms with Gasteiger partial charge >= 0.3 is 0 Å². The zero-order valence-corrected chi connectivity index (χ0v) is 17.1. The van der Waals surface area contributed by atoms with E-state index in [1.807, 2.05) is 26.4 Å². The number of piperidine rings is 3. The molecule has 1 N–H and O–H groups in total. The molecule has 6 rings (SSSR count). The Kier molecular flexibility index (Phi) is 4.55. The first kappa shape index (κ1) is 18.3. The number of pyridine rings is 1. The van der Waals surface area contributed by atoms with Crippen LogP contribution in [0.25, 0.3) is 16.8 Å². The van der Waals surface area contributed by atoms with Crippen molar-refractivity contribution in [1.82, 2.24) is 14.6 Å². The Morgan fingerprint density at radius 2 is 1.86 bits per heavy atom. The molecule has 0 radical (unpaired) electrons. The van der Waals surface area contributed by atoms with Crippen molar-refractivity contribution in [3.8, 4) is 11.3 Å². The quantitative estimate of drug-likeness (QED) is 0.744. The lowest BCUT2D eigenvalue weighted by Crippen LogP contribution is -2.57. The molecule has 5 nitrogen and oxygen atoms in total. The Bertz CT molecular complexity index is 1050. The molecule has 3 aliphatic rings. The van der Waals surface area contributed by atoms with E-state index in [0.29, 0.717) is 5.92 Å². The maximum absolute atomic E-state index is 13.0. The van der Waals surface area contributed by atoms with Gasteiger partial charge in [0.05, 0.1) is 11.3 Å². The van der Waals surface area contributed by atoms with Crippen molar-refractivity contribution in [2.45, 2.75) is 18.9 Å². The number of carbonyl (C=O) groups is 1. The number of carbonyl (C=O) groups excluding carboxylic acids is 1. The molecule has 2 bridgehead atoms. The van der Waals surface area contributed by atoms with Crippen LogP contribution in [0.3, 0.4) is 0 Å². The van der Waals surface area contributed by atoms with Crippen LogP contribution >= 0.6 is 0 Å². The number of aromatic nitrogens is 1. The average Bonchev–Trinajstić information content (AvgIpc) is 3.19. The third-order valence-electron chi connectivity index (χ3n) is 6.52. The maximum Gasteiger partial charge on any atom is 0.253 e. The third kappa shape index (κ3) is 3.40. The van der Waals surface area contributed by atoms with Crippen LogP contribution in [-0.4, -0.2) is 55.0 Å². The van der Waals surface area contributed by atoms with Gasteiger partial charge in [-0.3, -0.25) is 4.79 Å². The lowest BCUT2D eigenvalue weighted by molar-refractivity contribution is 0.0620. The number of hydrogen-bond acceptors (Lipinski definition) is 3. The number of rotatable bonds is 4. The zero-order valence-electron chi connectivity index (χ0n) is 17.1. The summed E-state index contributed by atoms with van der Waals surface area (Å²) in [7, 11) is 4.10. The largest absolute Gasteiger partial charge is 0.378 e. The van der Waals surface area contributed by atoms with E-state index in [9.17, 15) is 4.79 Å². The second-order valence-electron chi connectivity index (χ2n) is 8.60. The minimum absolute atomic E-state index is 0.0421. The van der Waals surface area contributed by atoms with E-state index in [0.717, 1.165) is 34.6 Å². The summed E-state index contributed by atoms with van der Waals surface area (Å²) in [5.41, 5.74) is 5.16. The van der Waals surface area contributed by atoms with E-state index in [1.54, 1.807) is 0 Å². The second-order valence-corrected chi connectivity index (χ2v) is 8.60. The molecule has 5 heterocycles. The van der Waals surface area contributed by atoms with Crippen molar-refractivity contribution in [2.24, 2.45) is 5.92 Å². The number of nitrogens with zero attached hydrogens (tertiary/aromatic N) is 3. The van der Waals surface area contributed by atoms with Crippen LogP contribution in [0.4, 0.5) is 5.69 Å². The first-order valence-electron chi connectivity index (χ1n) is 10.5. The van der Waals surface area contributed by atoms with E-state index in [1.165, 1.54) is 25.9 Å². The molecule has 150 valence electrons. The van der Waals surface area contributed by atoms with Gasteiger partial charge in [-0.15, -0.1) is 0 Å². The van der Waals surface area contributed by atoms with Gasteiger partial charge in [-0.25, -0.2) is 0 Å². The predicted octanol–water partition coefficient (Wildman–Crippen LogP) is 3.50. The van der Waals surface area contributed by atoms with Gasteiger partial charge in [0, 0.05) is 49.6 Å². The van der Waals surface area contributed by atoms with Crippen molar-refractivity contribution in [1.29, 1.82) is 0 Å². The Labute approximate surface area is 171 Å². The van der Waals surface area contributed by atoms with Gasteiger partial charge in [0.2, 0.25) is 0 Å². The highest BCUT2D eigenvalue weighted by molar-refractivity contribution is 5.96. The monoisotopic (exact) mass is 388 g/mol. The van der Waals surface area contributed by atoms with Gasteiger partial charge in [-0.2, -0.15) is 0 Å². The summed E-state index contributed by atoms with van der Waals surface area (Å²) in [6.07, 6.45) is 4.38. The fraction of sp³-hybridized carbons (Fsp3) is 0.375. The molecule has 1 atom stereocenters. The smallest absolute Gasteiger partial charge is 0.253 e. The molecule has 0 spiro atoms. The van der Waals surface area contributed by atoms with Gasteiger partial charge < -0.3 is 19.5 Å². The van der Waals surface area contributed by atoms with Gasteiger partial charge in [0.1, 0.15) is 0 Å². The summed E-state index contributed by atoms with van der Waals surface area (Å²) >= 11 is 0. The lowest BCUT2D eigenvalue weighted by Gasteiger charge is -2.44. The van der Waals surface area contributed by atoms with E-state index >= 15 is 0 Å². The van der Waals surface area contributed by atoms with Crippen molar-refractivity contribution < 1.29 is 4.79 Å². The Balaban J connectivity index is 1.44. The van der Waals surface area contributed by atoms with Gasteiger partial charge in [-0.05, 0) is 62.2 Å². The highest BCUT2D eigenvalue weighted by Crippen LogP contribution is 2.29. The highest BCUT2D eigenvalue weighted by atomic mass is 16.1. The first-order valence-corrected chi connectivity index (χ1v) is 10.5. The molecular weight excluding hydrogens is 360 g/mol. The molecule has 1 amide bonds. The Morgan fingerprint density at radius 3 is 2.59 bits per heavy atom. The number of hydrogen-bond donors (Lipinski definition) is 1. The van der Waals surface area contributed by atoms with Gasteiger partial charge in [-0.1, -0.05) is 18.2 Å². The molecule has 1 unspecified atom stereocenters. The van der Waals surface area contributed by atoms with Crippen molar-refractivity contribution in [3.05, 3.63) is 60.3 Å². The second kappa shape index (κ2) is 7.23. The molecule has 29 heavy (non-hydrogen) atoms. The van der Waals surface area contributed by atoms with Crippen molar-refractivity contribution >= 4 is 17.1 Å². The summed E-state index contributed by atoms with van der Waals surface area (Å²) < 4.78 is 2.13. The fourth-order valence-electron chi connectivity index (χ4n) is 4.82. The van der Waals surface area contributed by atoms with Crippen LogP contribution in [0.1, 0.15) is 23.2 Å². The standard InChI is InChI=1S/C24H28N4O/c1-26(2)20-6-3-5-18(13-20)23-8-4-7-21-14-19(15-28(21)23)24(29)25-22-16-27-11-9-17(22)10-12-27/h3-8,13-15,17,22H,9-12,16H2,1-2H3,(H,25,29). The molecule has 2 aromatic heterocycles. The minimum Gasteiger partial charge on any atom is -0.378 e. The molecular formula is C24H28N4O. The number of nitrogens with one attached hydrogen (secondary N) is 1. The molecule has 3 saturated heterocycles. The van der Waals surface area contributed by atoms with Crippen molar-refractivity contribution in [2.75, 3.05) is 38.6 Å². The number of amides is 1. The minimum atomic E-state index is 0.0421. The average molecular weight is 389 g/mol. The number of benzene rings is 1. The lowest BCUT2D eigenvalue weighted by atomic mass is 9.84. The number of anilines is 1. The van der Waals surface area contributed by atoms with Gasteiger partial charge in [0.15, 0.2) is 0 Å². The number of fused-ring (bicyclic) bond motifs is 4. The predicted molar refractivity (Wildman–Crippen MR) is 118 cm³/mol. The molecule has 0 saturated carbocycles. The first-order chi connectivity index (χ1) is 14.1. The fourth-order valence-corrected chi connectivity index (χ4v) is 4.82. The summed E-state index contributed by atoms with van der Waals surface area (Å²) in [6.45, 7) is 3.36.